The number of amides is 1. The maximum Gasteiger partial charge on any atom is 0.405 e. The highest BCUT2D eigenvalue weighted by molar-refractivity contribution is 5.81. The molecule has 1 rings (SSSR count). The number of nitrogens with zero attached hydrogens (tertiary/aromatic N) is 1. The topological polar surface area (TPSA) is 58.4 Å². The van der Waals surface area contributed by atoms with Gasteiger partial charge in [0.15, 0.2) is 0 Å². The van der Waals surface area contributed by atoms with Crippen molar-refractivity contribution < 1.29 is 18.0 Å². The molecule has 4 nitrogen and oxygen atoms in total. The number of carbonyl (C=O) groups is 1. The van der Waals surface area contributed by atoms with Gasteiger partial charge in [-0.2, -0.15) is 13.2 Å². The van der Waals surface area contributed by atoms with Crippen LogP contribution in [0.2, 0.25) is 0 Å². The van der Waals surface area contributed by atoms with E-state index in [0.29, 0.717) is 25.6 Å². The molecule has 1 aliphatic rings. The number of alkyl halides is 3. The van der Waals surface area contributed by atoms with Crippen LogP contribution in [0.4, 0.5) is 13.2 Å². The number of rotatable bonds is 4. The summed E-state index contributed by atoms with van der Waals surface area (Å²) < 4.78 is 35.9. The van der Waals surface area contributed by atoms with Crippen molar-refractivity contribution in [3.05, 3.63) is 0 Å². The third-order valence-electron chi connectivity index (χ3n) is 3.37. The van der Waals surface area contributed by atoms with Gasteiger partial charge in [0.25, 0.3) is 0 Å². The summed E-state index contributed by atoms with van der Waals surface area (Å²) in [4.78, 5) is 13.5. The van der Waals surface area contributed by atoms with Crippen LogP contribution in [0, 0.1) is 5.92 Å². The van der Waals surface area contributed by atoms with Crippen molar-refractivity contribution in [2.45, 2.75) is 32.0 Å². The van der Waals surface area contributed by atoms with Crippen molar-refractivity contribution >= 4 is 5.91 Å². The number of nitrogens with one attached hydrogen (secondary N) is 1. The largest absolute Gasteiger partial charge is 0.405 e. The molecule has 1 atom stereocenters. The Morgan fingerprint density at radius 3 is 2.44 bits per heavy atom. The van der Waals surface area contributed by atoms with Gasteiger partial charge in [-0.25, -0.2) is 0 Å². The highest BCUT2D eigenvalue weighted by Crippen LogP contribution is 2.18. The van der Waals surface area contributed by atoms with Crippen molar-refractivity contribution in [1.29, 1.82) is 0 Å². The van der Waals surface area contributed by atoms with E-state index >= 15 is 0 Å². The smallest absolute Gasteiger partial charge is 0.346 e. The quantitative estimate of drug-likeness (QED) is 0.789. The second-order valence-electron chi connectivity index (χ2n) is 4.72. The van der Waals surface area contributed by atoms with Gasteiger partial charge in [0.05, 0.1) is 6.04 Å². The van der Waals surface area contributed by atoms with Crippen LogP contribution < -0.4 is 11.1 Å². The van der Waals surface area contributed by atoms with Gasteiger partial charge in [-0.05, 0) is 45.3 Å². The molecule has 0 aromatic rings. The minimum absolute atomic E-state index is 0.465. The van der Waals surface area contributed by atoms with Crippen molar-refractivity contribution in [1.82, 2.24) is 10.2 Å². The Kier molecular flexibility index (Phi) is 5.40. The summed E-state index contributed by atoms with van der Waals surface area (Å²) in [5.41, 5.74) is 5.56. The van der Waals surface area contributed by atoms with Gasteiger partial charge in [-0.15, -0.1) is 0 Å². The van der Waals surface area contributed by atoms with Crippen LogP contribution in [0.5, 0.6) is 0 Å². The molecule has 1 heterocycles. The second kappa shape index (κ2) is 6.38. The lowest BCUT2D eigenvalue weighted by atomic mass is 9.96. The Morgan fingerprint density at radius 1 is 1.44 bits per heavy atom. The van der Waals surface area contributed by atoms with Gasteiger partial charge >= 0.3 is 6.18 Å². The van der Waals surface area contributed by atoms with Crippen LogP contribution in [0.1, 0.15) is 19.8 Å². The molecule has 3 N–H and O–H groups in total. The van der Waals surface area contributed by atoms with Gasteiger partial charge in [0.2, 0.25) is 5.91 Å². The first-order valence-electron chi connectivity index (χ1n) is 6.12. The second-order valence-corrected chi connectivity index (χ2v) is 4.72. The summed E-state index contributed by atoms with van der Waals surface area (Å²) in [7, 11) is 0. The first kappa shape index (κ1) is 15.2. The number of halogens is 3. The van der Waals surface area contributed by atoms with E-state index in [0.717, 1.165) is 12.8 Å². The molecule has 0 aromatic heterocycles. The van der Waals surface area contributed by atoms with Gasteiger partial charge in [0, 0.05) is 0 Å². The Morgan fingerprint density at radius 2 is 2.00 bits per heavy atom. The molecule has 0 bridgehead atoms. The number of likely N-dealkylation sites (tertiary alicyclic amines) is 1. The molecule has 1 unspecified atom stereocenters. The third kappa shape index (κ3) is 4.81. The van der Waals surface area contributed by atoms with Gasteiger partial charge < -0.3 is 11.1 Å². The van der Waals surface area contributed by atoms with E-state index in [1.54, 1.807) is 6.92 Å². The molecular formula is C11H20F3N3O. The summed E-state index contributed by atoms with van der Waals surface area (Å²) in [6.07, 6.45) is -2.57. The SMILES string of the molecule is CC(C(=O)NCC(F)(F)F)N1CCC(CN)CC1. The van der Waals surface area contributed by atoms with E-state index in [4.69, 9.17) is 5.73 Å². The van der Waals surface area contributed by atoms with Crippen molar-refractivity contribution in [2.75, 3.05) is 26.2 Å². The fourth-order valence-electron chi connectivity index (χ4n) is 2.08. The van der Waals surface area contributed by atoms with E-state index < -0.39 is 24.7 Å². The minimum Gasteiger partial charge on any atom is -0.346 e. The number of nitrogens with two attached hydrogens (primary N) is 1. The molecule has 0 aliphatic carbocycles. The van der Waals surface area contributed by atoms with Crippen molar-refractivity contribution in [2.24, 2.45) is 11.7 Å². The minimum atomic E-state index is -4.36. The Labute approximate surface area is 105 Å². The number of carbonyl (C=O) groups excluding carboxylic acids is 1. The lowest BCUT2D eigenvalue weighted by molar-refractivity contribution is -0.141. The highest BCUT2D eigenvalue weighted by atomic mass is 19.4. The molecule has 7 heteroatoms. The molecule has 1 saturated heterocycles. The van der Waals surface area contributed by atoms with E-state index in [9.17, 15) is 18.0 Å². The molecule has 0 aromatic carbocycles. The predicted molar refractivity (Wildman–Crippen MR) is 61.9 cm³/mol. The van der Waals surface area contributed by atoms with E-state index in [2.05, 4.69) is 0 Å². The zero-order chi connectivity index (χ0) is 13.8. The Hall–Kier alpha value is -0.820. The zero-order valence-electron chi connectivity index (χ0n) is 10.5. The van der Waals surface area contributed by atoms with Crippen LogP contribution in [0.25, 0.3) is 0 Å². The zero-order valence-corrected chi connectivity index (χ0v) is 10.5. The third-order valence-corrected chi connectivity index (χ3v) is 3.37. The maximum absolute atomic E-state index is 12.0. The van der Waals surface area contributed by atoms with Crippen LogP contribution >= 0.6 is 0 Å². The first-order valence-corrected chi connectivity index (χ1v) is 6.12. The lowest BCUT2D eigenvalue weighted by Gasteiger charge is -2.34. The molecule has 0 spiro atoms. The number of hydrogen-bond acceptors (Lipinski definition) is 3. The summed E-state index contributed by atoms with van der Waals surface area (Å²) >= 11 is 0. The van der Waals surface area contributed by atoms with E-state index in [1.807, 2.05) is 10.2 Å². The summed E-state index contributed by atoms with van der Waals surface area (Å²) in [5.74, 6) is -0.106. The highest BCUT2D eigenvalue weighted by Gasteiger charge is 2.31. The standard InChI is InChI=1S/C11H20F3N3O/c1-8(10(18)16-7-11(12,13)14)17-4-2-9(6-15)3-5-17/h8-9H,2-7,15H2,1H3,(H,16,18). The molecular weight excluding hydrogens is 247 g/mol. The molecule has 1 fully saturated rings. The van der Waals surface area contributed by atoms with E-state index in [-0.39, 0.29) is 0 Å². The molecule has 0 radical (unpaired) electrons. The van der Waals surface area contributed by atoms with Crippen molar-refractivity contribution in [3.63, 3.8) is 0 Å². The number of piperidine rings is 1. The van der Waals surface area contributed by atoms with E-state index in [1.165, 1.54) is 0 Å². The average Bonchev–Trinajstić information content (AvgIpc) is 2.34. The lowest BCUT2D eigenvalue weighted by Crippen LogP contribution is -2.50. The predicted octanol–water partition coefficient (Wildman–Crippen LogP) is 0.724. The number of hydrogen-bond donors (Lipinski definition) is 2. The monoisotopic (exact) mass is 267 g/mol. The molecule has 0 saturated carbocycles. The summed E-state index contributed by atoms with van der Waals surface area (Å²) in [6, 6.07) is -0.522. The Bertz CT molecular complexity index is 275. The molecule has 106 valence electrons. The van der Waals surface area contributed by atoms with Crippen LogP contribution in [0.15, 0.2) is 0 Å². The van der Waals surface area contributed by atoms with Gasteiger partial charge in [-0.1, -0.05) is 0 Å². The van der Waals surface area contributed by atoms with Crippen molar-refractivity contribution in [3.8, 4) is 0 Å². The summed E-state index contributed by atoms with van der Waals surface area (Å²) in [6.45, 7) is 2.41. The van der Waals surface area contributed by atoms with Gasteiger partial charge in [-0.3, -0.25) is 9.69 Å². The average molecular weight is 267 g/mol. The maximum atomic E-state index is 12.0. The van der Waals surface area contributed by atoms with Crippen LogP contribution in [0.3, 0.4) is 0 Å². The van der Waals surface area contributed by atoms with Gasteiger partial charge in [0.1, 0.15) is 6.54 Å². The fourth-order valence-corrected chi connectivity index (χ4v) is 2.08. The fraction of sp³-hybridized carbons (Fsp3) is 0.909. The van der Waals surface area contributed by atoms with Crippen LogP contribution in [-0.2, 0) is 4.79 Å². The van der Waals surface area contributed by atoms with Crippen LogP contribution in [-0.4, -0.2) is 49.2 Å². The Balaban J connectivity index is 2.35. The molecule has 1 amide bonds. The normalized spacial score (nSPS) is 20.7. The molecule has 1 aliphatic heterocycles. The first-order chi connectivity index (χ1) is 8.33. The molecule has 18 heavy (non-hydrogen) atoms. The summed E-state index contributed by atoms with van der Waals surface area (Å²) in [5, 5.41) is 1.91.